The number of benzene rings is 1. The zero-order chi connectivity index (χ0) is 19.1. The van der Waals surface area contributed by atoms with Crippen LogP contribution in [0.4, 0.5) is 5.82 Å². The number of carbonyl (C=O) groups is 1. The maximum atomic E-state index is 12.0. The zero-order valence-electron chi connectivity index (χ0n) is 15.7. The van der Waals surface area contributed by atoms with E-state index in [2.05, 4.69) is 22.1 Å². The van der Waals surface area contributed by atoms with Crippen molar-refractivity contribution >= 4 is 23.3 Å². The molecule has 1 N–H and O–H groups in total. The summed E-state index contributed by atoms with van der Waals surface area (Å²) in [6.45, 7) is 5.24. The highest BCUT2D eigenvalue weighted by Gasteiger charge is 2.16. The first-order chi connectivity index (χ1) is 13.1. The molecule has 2 aromatic rings. The van der Waals surface area contributed by atoms with Crippen molar-refractivity contribution in [3.63, 3.8) is 0 Å². The summed E-state index contributed by atoms with van der Waals surface area (Å²) >= 11 is 5.83. The SMILES string of the molecule is CC1CCN(c2ccc(CNC(=O)CCOc3ccc(Cl)cc3)cn2)CC1. The summed E-state index contributed by atoms with van der Waals surface area (Å²) in [4.78, 5) is 18.8. The van der Waals surface area contributed by atoms with Crippen LogP contribution >= 0.6 is 11.6 Å². The van der Waals surface area contributed by atoms with Crippen LogP contribution in [0.1, 0.15) is 31.7 Å². The Kier molecular flexibility index (Phi) is 6.93. The molecule has 0 bridgehead atoms. The fourth-order valence-corrected chi connectivity index (χ4v) is 3.15. The van der Waals surface area contributed by atoms with Gasteiger partial charge in [0.1, 0.15) is 11.6 Å². The van der Waals surface area contributed by atoms with Crippen LogP contribution in [0.3, 0.4) is 0 Å². The second kappa shape index (κ2) is 9.60. The molecule has 0 spiro atoms. The number of rotatable bonds is 7. The number of halogens is 1. The van der Waals surface area contributed by atoms with Gasteiger partial charge in [0.15, 0.2) is 0 Å². The number of nitrogens with one attached hydrogen (secondary N) is 1. The minimum atomic E-state index is -0.0435. The summed E-state index contributed by atoms with van der Waals surface area (Å²) in [5.74, 6) is 2.49. The minimum absolute atomic E-state index is 0.0435. The van der Waals surface area contributed by atoms with Crippen molar-refractivity contribution < 1.29 is 9.53 Å². The summed E-state index contributed by atoms with van der Waals surface area (Å²) in [6, 6.07) is 11.2. The van der Waals surface area contributed by atoms with Crippen LogP contribution < -0.4 is 15.0 Å². The first kappa shape index (κ1) is 19.5. The molecule has 1 aromatic heterocycles. The molecule has 0 unspecified atom stereocenters. The summed E-state index contributed by atoms with van der Waals surface area (Å²) in [6.07, 6.45) is 4.59. The number of amides is 1. The Morgan fingerprint density at radius 1 is 1.22 bits per heavy atom. The van der Waals surface area contributed by atoms with Gasteiger partial charge < -0.3 is 15.0 Å². The predicted octanol–water partition coefficient (Wildman–Crippen LogP) is 4.06. The number of piperidine rings is 1. The maximum Gasteiger partial charge on any atom is 0.223 e. The van der Waals surface area contributed by atoms with Gasteiger partial charge in [0.25, 0.3) is 0 Å². The summed E-state index contributed by atoms with van der Waals surface area (Å²) in [7, 11) is 0. The summed E-state index contributed by atoms with van der Waals surface area (Å²) in [5.41, 5.74) is 0.996. The van der Waals surface area contributed by atoms with Gasteiger partial charge in [-0.2, -0.15) is 0 Å². The first-order valence-corrected chi connectivity index (χ1v) is 9.83. The molecule has 2 heterocycles. The van der Waals surface area contributed by atoms with E-state index < -0.39 is 0 Å². The highest BCUT2D eigenvalue weighted by atomic mass is 35.5. The van der Waals surface area contributed by atoms with Crippen LogP contribution in [0.2, 0.25) is 5.02 Å². The van der Waals surface area contributed by atoms with Gasteiger partial charge in [-0.15, -0.1) is 0 Å². The normalized spacial score (nSPS) is 14.8. The average Bonchev–Trinajstić information content (AvgIpc) is 2.69. The quantitative estimate of drug-likeness (QED) is 0.778. The molecule has 1 aliphatic rings. The Balaban J connectivity index is 1.37. The molecular weight excluding hydrogens is 362 g/mol. The Morgan fingerprint density at radius 3 is 2.63 bits per heavy atom. The number of aromatic nitrogens is 1. The number of nitrogens with zero attached hydrogens (tertiary/aromatic N) is 2. The van der Waals surface area contributed by atoms with Crippen molar-refractivity contribution in [3.05, 3.63) is 53.2 Å². The van der Waals surface area contributed by atoms with Gasteiger partial charge in [-0.05, 0) is 54.7 Å². The Labute approximate surface area is 165 Å². The molecule has 1 saturated heterocycles. The number of pyridine rings is 1. The molecule has 1 aliphatic heterocycles. The molecule has 5 nitrogen and oxygen atoms in total. The van der Waals surface area contributed by atoms with Gasteiger partial charge in [-0.1, -0.05) is 24.6 Å². The highest BCUT2D eigenvalue weighted by molar-refractivity contribution is 6.30. The molecule has 1 amide bonds. The van der Waals surface area contributed by atoms with Gasteiger partial charge >= 0.3 is 0 Å². The lowest BCUT2D eigenvalue weighted by Gasteiger charge is -2.31. The molecule has 6 heteroatoms. The van der Waals surface area contributed by atoms with E-state index >= 15 is 0 Å². The molecule has 3 rings (SSSR count). The van der Waals surface area contributed by atoms with Crippen molar-refractivity contribution in [3.8, 4) is 5.75 Å². The molecule has 144 valence electrons. The van der Waals surface area contributed by atoms with E-state index in [1.807, 2.05) is 18.3 Å². The van der Waals surface area contributed by atoms with Crippen molar-refractivity contribution in [1.29, 1.82) is 0 Å². The van der Waals surface area contributed by atoms with E-state index in [0.717, 1.165) is 30.4 Å². The predicted molar refractivity (Wildman–Crippen MR) is 108 cm³/mol. The lowest BCUT2D eigenvalue weighted by Crippen LogP contribution is -2.33. The molecule has 0 saturated carbocycles. The lowest BCUT2D eigenvalue weighted by molar-refractivity contribution is -0.121. The fraction of sp³-hybridized carbons (Fsp3) is 0.429. The minimum Gasteiger partial charge on any atom is -0.493 e. The van der Waals surface area contributed by atoms with Gasteiger partial charge in [0.05, 0.1) is 13.0 Å². The Morgan fingerprint density at radius 2 is 1.96 bits per heavy atom. The van der Waals surface area contributed by atoms with E-state index in [1.165, 1.54) is 12.8 Å². The number of ether oxygens (including phenoxy) is 1. The van der Waals surface area contributed by atoms with Crippen molar-refractivity contribution in [2.45, 2.75) is 32.7 Å². The molecule has 0 atom stereocenters. The number of carbonyl (C=O) groups excluding carboxylic acids is 1. The standard InChI is InChI=1S/C21H26ClN3O2/c1-16-8-11-25(12-9-16)20-7-2-17(14-23-20)15-24-21(26)10-13-27-19-5-3-18(22)4-6-19/h2-7,14,16H,8-13,15H2,1H3,(H,24,26). The lowest BCUT2D eigenvalue weighted by atomic mass is 9.99. The van der Waals surface area contributed by atoms with E-state index in [9.17, 15) is 4.79 Å². The van der Waals surface area contributed by atoms with Gasteiger partial charge in [0.2, 0.25) is 5.91 Å². The first-order valence-electron chi connectivity index (χ1n) is 9.45. The average molecular weight is 388 g/mol. The van der Waals surface area contributed by atoms with Gasteiger partial charge in [0, 0.05) is 30.9 Å². The number of hydrogen-bond donors (Lipinski definition) is 1. The fourth-order valence-electron chi connectivity index (χ4n) is 3.03. The van der Waals surface area contributed by atoms with Crippen LogP contribution in [-0.4, -0.2) is 30.6 Å². The Hall–Kier alpha value is -2.27. The number of anilines is 1. The topological polar surface area (TPSA) is 54.5 Å². The summed E-state index contributed by atoms with van der Waals surface area (Å²) in [5, 5.41) is 3.57. The molecule has 0 aliphatic carbocycles. The van der Waals surface area contributed by atoms with Crippen molar-refractivity contribution in [2.75, 3.05) is 24.6 Å². The second-order valence-electron chi connectivity index (χ2n) is 7.02. The van der Waals surface area contributed by atoms with Crippen LogP contribution in [-0.2, 0) is 11.3 Å². The highest BCUT2D eigenvalue weighted by Crippen LogP contribution is 2.21. The van der Waals surface area contributed by atoms with Gasteiger partial charge in [-0.3, -0.25) is 4.79 Å². The molecule has 27 heavy (non-hydrogen) atoms. The Bertz CT molecular complexity index is 726. The smallest absolute Gasteiger partial charge is 0.223 e. The van der Waals surface area contributed by atoms with Crippen LogP contribution in [0.15, 0.2) is 42.6 Å². The van der Waals surface area contributed by atoms with E-state index in [4.69, 9.17) is 16.3 Å². The second-order valence-corrected chi connectivity index (χ2v) is 7.46. The molecular formula is C21H26ClN3O2. The monoisotopic (exact) mass is 387 g/mol. The third-order valence-electron chi connectivity index (χ3n) is 4.82. The van der Waals surface area contributed by atoms with Gasteiger partial charge in [-0.25, -0.2) is 4.98 Å². The van der Waals surface area contributed by atoms with Crippen molar-refractivity contribution in [1.82, 2.24) is 10.3 Å². The molecule has 0 radical (unpaired) electrons. The van der Waals surface area contributed by atoms with Crippen LogP contribution in [0.25, 0.3) is 0 Å². The third kappa shape index (κ3) is 6.14. The third-order valence-corrected chi connectivity index (χ3v) is 5.07. The molecule has 1 aromatic carbocycles. The van der Waals surface area contributed by atoms with Crippen molar-refractivity contribution in [2.24, 2.45) is 5.92 Å². The van der Waals surface area contributed by atoms with E-state index in [0.29, 0.717) is 30.3 Å². The van der Waals surface area contributed by atoms with Crippen LogP contribution in [0.5, 0.6) is 5.75 Å². The number of hydrogen-bond acceptors (Lipinski definition) is 4. The van der Waals surface area contributed by atoms with Crippen LogP contribution in [0, 0.1) is 5.92 Å². The zero-order valence-corrected chi connectivity index (χ0v) is 16.4. The largest absolute Gasteiger partial charge is 0.493 e. The maximum absolute atomic E-state index is 12.0. The van der Waals surface area contributed by atoms with E-state index in [-0.39, 0.29) is 5.91 Å². The van der Waals surface area contributed by atoms with E-state index in [1.54, 1.807) is 24.3 Å². The molecule has 1 fully saturated rings. The summed E-state index contributed by atoms with van der Waals surface area (Å²) < 4.78 is 5.54.